The van der Waals surface area contributed by atoms with Crippen molar-refractivity contribution in [2.45, 2.75) is 6.04 Å². The van der Waals surface area contributed by atoms with Crippen LogP contribution >= 0.6 is 0 Å². The highest BCUT2D eigenvalue weighted by atomic mass is 16.5. The van der Waals surface area contributed by atoms with Crippen LogP contribution in [0.1, 0.15) is 10.4 Å². The molecule has 1 aromatic rings. The zero-order chi connectivity index (χ0) is 13.0. The van der Waals surface area contributed by atoms with Crippen LogP contribution in [0, 0.1) is 0 Å². The molecule has 0 saturated carbocycles. The van der Waals surface area contributed by atoms with Gasteiger partial charge in [0, 0.05) is 19.2 Å². The molecule has 18 heavy (non-hydrogen) atoms. The molecule has 0 spiro atoms. The van der Waals surface area contributed by atoms with E-state index in [1.165, 1.54) is 0 Å². The summed E-state index contributed by atoms with van der Waals surface area (Å²) < 4.78 is 5.27. The summed E-state index contributed by atoms with van der Waals surface area (Å²) in [6.45, 7) is 1.15. The van der Waals surface area contributed by atoms with Crippen LogP contribution in [0.4, 0.5) is 0 Å². The summed E-state index contributed by atoms with van der Waals surface area (Å²) in [6.07, 6.45) is 0. The van der Waals surface area contributed by atoms with Crippen molar-refractivity contribution < 1.29 is 14.3 Å². The molecule has 5 heteroatoms. The lowest BCUT2D eigenvalue weighted by Crippen LogP contribution is -2.55. The Hall–Kier alpha value is -1.88. The molecule has 0 aliphatic carbocycles. The van der Waals surface area contributed by atoms with Gasteiger partial charge in [0.25, 0.3) is 5.91 Å². The summed E-state index contributed by atoms with van der Waals surface area (Å²) in [5.41, 5.74) is 0.591. The van der Waals surface area contributed by atoms with Crippen LogP contribution in [-0.4, -0.2) is 49.6 Å². The fourth-order valence-corrected chi connectivity index (χ4v) is 1.98. The van der Waals surface area contributed by atoms with Crippen molar-refractivity contribution in [2.24, 2.45) is 0 Å². The summed E-state index contributed by atoms with van der Waals surface area (Å²) >= 11 is 0. The molecule has 0 bridgehead atoms. The Morgan fingerprint density at radius 2 is 2.06 bits per heavy atom. The minimum Gasteiger partial charge on any atom is -0.377 e. The van der Waals surface area contributed by atoms with E-state index < -0.39 is 6.04 Å². The van der Waals surface area contributed by atoms with Gasteiger partial charge in [-0.1, -0.05) is 18.2 Å². The van der Waals surface area contributed by atoms with Crippen LogP contribution in [0.2, 0.25) is 0 Å². The number of hydrogen-bond acceptors (Lipinski definition) is 3. The maximum Gasteiger partial charge on any atom is 0.254 e. The van der Waals surface area contributed by atoms with Gasteiger partial charge in [0.15, 0.2) is 0 Å². The van der Waals surface area contributed by atoms with Gasteiger partial charge in [-0.05, 0) is 12.1 Å². The second-order valence-corrected chi connectivity index (χ2v) is 4.07. The lowest BCUT2D eigenvalue weighted by atomic mass is 10.1. The number of benzene rings is 1. The minimum absolute atomic E-state index is 0.132. The Morgan fingerprint density at radius 3 is 2.72 bits per heavy atom. The van der Waals surface area contributed by atoms with Crippen molar-refractivity contribution in [2.75, 3.05) is 26.8 Å². The molecular weight excluding hydrogens is 232 g/mol. The van der Waals surface area contributed by atoms with E-state index in [0.717, 1.165) is 0 Å². The molecule has 2 rings (SSSR count). The Labute approximate surface area is 106 Å². The number of morpholine rings is 1. The van der Waals surface area contributed by atoms with Crippen LogP contribution in [0.3, 0.4) is 0 Å². The van der Waals surface area contributed by atoms with Crippen LogP contribution in [0.25, 0.3) is 0 Å². The molecule has 1 fully saturated rings. The van der Waals surface area contributed by atoms with Crippen molar-refractivity contribution in [3.8, 4) is 0 Å². The highest BCUT2D eigenvalue weighted by molar-refractivity contribution is 5.97. The van der Waals surface area contributed by atoms with Crippen LogP contribution < -0.4 is 5.32 Å². The van der Waals surface area contributed by atoms with Gasteiger partial charge < -0.3 is 15.0 Å². The number of ether oxygens (including phenoxy) is 1. The van der Waals surface area contributed by atoms with Crippen LogP contribution in [0.5, 0.6) is 0 Å². The summed E-state index contributed by atoms with van der Waals surface area (Å²) in [6, 6.07) is 8.42. The molecular formula is C13H16N2O3. The number of hydrogen-bond donors (Lipinski definition) is 1. The first-order chi connectivity index (χ1) is 8.74. The zero-order valence-corrected chi connectivity index (χ0v) is 10.3. The standard InChI is InChI=1S/C13H16N2O3/c1-14-12(16)11-9-18-8-7-15(11)13(17)10-5-3-2-4-6-10/h2-6,11H,7-9H2,1H3,(H,14,16). The molecule has 1 N–H and O–H groups in total. The second-order valence-electron chi connectivity index (χ2n) is 4.07. The molecule has 2 amide bonds. The highest BCUT2D eigenvalue weighted by Crippen LogP contribution is 2.12. The van der Waals surface area contributed by atoms with Crippen molar-refractivity contribution in [1.82, 2.24) is 10.2 Å². The van der Waals surface area contributed by atoms with Gasteiger partial charge in [0.05, 0.1) is 13.2 Å². The molecule has 0 radical (unpaired) electrons. The molecule has 1 unspecified atom stereocenters. The van der Waals surface area contributed by atoms with E-state index in [2.05, 4.69) is 5.32 Å². The Morgan fingerprint density at radius 1 is 1.33 bits per heavy atom. The fourth-order valence-electron chi connectivity index (χ4n) is 1.98. The minimum atomic E-state index is -0.545. The van der Waals surface area contributed by atoms with Crippen molar-refractivity contribution in [3.63, 3.8) is 0 Å². The molecule has 1 aromatic carbocycles. The monoisotopic (exact) mass is 248 g/mol. The van der Waals surface area contributed by atoms with E-state index in [1.807, 2.05) is 18.2 Å². The molecule has 0 aromatic heterocycles. The Kier molecular flexibility index (Phi) is 3.94. The zero-order valence-electron chi connectivity index (χ0n) is 10.3. The molecule has 1 atom stereocenters. The SMILES string of the molecule is CNC(=O)C1COCCN1C(=O)c1ccccc1. The first-order valence-electron chi connectivity index (χ1n) is 5.89. The summed E-state index contributed by atoms with van der Waals surface area (Å²) in [5, 5.41) is 2.56. The van der Waals surface area contributed by atoms with E-state index in [9.17, 15) is 9.59 Å². The molecule has 1 heterocycles. The molecule has 5 nitrogen and oxygen atoms in total. The fraction of sp³-hybridized carbons (Fsp3) is 0.385. The van der Waals surface area contributed by atoms with E-state index in [-0.39, 0.29) is 18.4 Å². The van der Waals surface area contributed by atoms with Gasteiger partial charge in [-0.2, -0.15) is 0 Å². The van der Waals surface area contributed by atoms with Crippen molar-refractivity contribution in [1.29, 1.82) is 0 Å². The van der Waals surface area contributed by atoms with E-state index >= 15 is 0 Å². The van der Waals surface area contributed by atoms with Crippen LogP contribution in [0.15, 0.2) is 30.3 Å². The van der Waals surface area contributed by atoms with E-state index in [0.29, 0.717) is 18.7 Å². The van der Waals surface area contributed by atoms with Crippen LogP contribution in [-0.2, 0) is 9.53 Å². The topological polar surface area (TPSA) is 58.6 Å². The number of nitrogens with zero attached hydrogens (tertiary/aromatic N) is 1. The van der Waals surface area contributed by atoms with Gasteiger partial charge in [0.1, 0.15) is 6.04 Å². The first-order valence-corrected chi connectivity index (χ1v) is 5.89. The number of carbonyl (C=O) groups excluding carboxylic acids is 2. The average molecular weight is 248 g/mol. The van der Waals surface area contributed by atoms with Gasteiger partial charge in [-0.3, -0.25) is 9.59 Å². The Bertz CT molecular complexity index is 433. The number of likely N-dealkylation sites (N-methyl/N-ethyl adjacent to an activating group) is 1. The summed E-state index contributed by atoms with van der Waals surface area (Å²) in [5.74, 6) is -0.327. The van der Waals surface area contributed by atoms with Crippen molar-refractivity contribution in [3.05, 3.63) is 35.9 Å². The number of amides is 2. The van der Waals surface area contributed by atoms with Gasteiger partial charge >= 0.3 is 0 Å². The summed E-state index contributed by atoms with van der Waals surface area (Å²) in [4.78, 5) is 25.6. The highest BCUT2D eigenvalue weighted by Gasteiger charge is 2.32. The molecule has 1 aliphatic rings. The second kappa shape index (κ2) is 5.64. The lowest BCUT2D eigenvalue weighted by molar-refractivity contribution is -0.130. The Balaban J connectivity index is 2.19. The predicted octanol–water partition coefficient (Wildman–Crippen LogP) is 0.274. The summed E-state index contributed by atoms with van der Waals surface area (Å²) in [7, 11) is 1.56. The van der Waals surface area contributed by atoms with E-state index in [1.54, 1.807) is 24.1 Å². The van der Waals surface area contributed by atoms with Gasteiger partial charge in [0.2, 0.25) is 5.91 Å². The smallest absolute Gasteiger partial charge is 0.254 e. The molecule has 1 aliphatic heterocycles. The quantitative estimate of drug-likeness (QED) is 0.817. The molecule has 96 valence electrons. The normalized spacial score (nSPS) is 19.4. The third-order valence-corrected chi connectivity index (χ3v) is 2.96. The number of carbonyl (C=O) groups is 2. The maximum absolute atomic E-state index is 12.3. The maximum atomic E-state index is 12.3. The van der Waals surface area contributed by atoms with Gasteiger partial charge in [-0.15, -0.1) is 0 Å². The predicted molar refractivity (Wildman–Crippen MR) is 66.2 cm³/mol. The third kappa shape index (κ3) is 2.51. The number of rotatable bonds is 2. The van der Waals surface area contributed by atoms with E-state index in [4.69, 9.17) is 4.74 Å². The first kappa shape index (κ1) is 12.6. The third-order valence-electron chi connectivity index (χ3n) is 2.96. The number of nitrogens with one attached hydrogen (secondary N) is 1. The average Bonchev–Trinajstić information content (AvgIpc) is 2.46. The van der Waals surface area contributed by atoms with Crippen molar-refractivity contribution >= 4 is 11.8 Å². The largest absolute Gasteiger partial charge is 0.377 e. The van der Waals surface area contributed by atoms with Gasteiger partial charge in [-0.25, -0.2) is 0 Å². The molecule has 1 saturated heterocycles. The lowest BCUT2D eigenvalue weighted by Gasteiger charge is -2.34.